The van der Waals surface area contributed by atoms with E-state index in [1.54, 1.807) is 31.3 Å². The highest BCUT2D eigenvalue weighted by molar-refractivity contribution is 6.05. The molecular weight excluding hydrogens is 325 g/mol. The fourth-order valence-electron chi connectivity index (χ4n) is 2.45. The molecule has 1 aromatic carbocycles. The summed E-state index contributed by atoms with van der Waals surface area (Å²) in [4.78, 5) is 16.7. The van der Waals surface area contributed by atoms with Gasteiger partial charge in [-0.2, -0.15) is 5.10 Å². The maximum absolute atomic E-state index is 13.4. The molecule has 0 aliphatic heterocycles. The van der Waals surface area contributed by atoms with E-state index in [0.717, 1.165) is 0 Å². The molecule has 0 radical (unpaired) electrons. The third kappa shape index (κ3) is 2.71. The molecule has 4 rings (SSSR count). The van der Waals surface area contributed by atoms with E-state index in [1.807, 2.05) is 0 Å². The Morgan fingerprint density at radius 2 is 2.12 bits per heavy atom. The number of anilines is 1. The number of hydrogen-bond acceptors (Lipinski definition) is 5. The van der Waals surface area contributed by atoms with Crippen LogP contribution in [-0.4, -0.2) is 35.7 Å². The van der Waals surface area contributed by atoms with Crippen molar-refractivity contribution in [3.05, 3.63) is 60.2 Å². The summed E-state index contributed by atoms with van der Waals surface area (Å²) in [7, 11) is 1.72. The monoisotopic (exact) mass is 337 g/mol. The average Bonchev–Trinajstić information content (AvgIpc) is 3.21. The Morgan fingerprint density at radius 3 is 2.96 bits per heavy atom. The topological polar surface area (TPSA) is 90.5 Å². The van der Waals surface area contributed by atoms with Gasteiger partial charge in [0.05, 0.1) is 17.4 Å². The van der Waals surface area contributed by atoms with Gasteiger partial charge in [0.1, 0.15) is 17.2 Å². The maximum atomic E-state index is 13.4. The number of benzene rings is 1. The number of nitrogens with one attached hydrogen (secondary N) is 1. The molecule has 0 bridgehead atoms. The second kappa shape index (κ2) is 5.78. The first-order chi connectivity index (χ1) is 12.1. The van der Waals surface area contributed by atoms with E-state index < -0.39 is 0 Å². The number of rotatable bonds is 3. The number of amides is 1. The van der Waals surface area contributed by atoms with Crippen molar-refractivity contribution in [2.75, 3.05) is 5.32 Å². The molecule has 8 nitrogen and oxygen atoms in total. The van der Waals surface area contributed by atoms with Gasteiger partial charge < -0.3 is 5.32 Å². The molecule has 9 heteroatoms. The quantitative estimate of drug-likeness (QED) is 0.617. The van der Waals surface area contributed by atoms with Gasteiger partial charge in [-0.1, -0.05) is 11.3 Å². The smallest absolute Gasteiger partial charge is 0.258 e. The lowest BCUT2D eigenvalue weighted by atomic mass is 10.2. The van der Waals surface area contributed by atoms with Crippen LogP contribution in [0.2, 0.25) is 0 Å². The number of nitrogens with zero attached hydrogens (tertiary/aromatic N) is 6. The largest absolute Gasteiger partial charge is 0.306 e. The van der Waals surface area contributed by atoms with Crippen molar-refractivity contribution >= 4 is 22.9 Å². The van der Waals surface area contributed by atoms with Crippen LogP contribution in [0, 0.1) is 5.82 Å². The molecule has 0 unspecified atom stereocenters. The molecule has 0 saturated heterocycles. The molecule has 3 aromatic heterocycles. The van der Waals surface area contributed by atoms with Crippen molar-refractivity contribution in [1.82, 2.24) is 29.8 Å². The second-order valence-electron chi connectivity index (χ2n) is 5.34. The molecule has 0 aliphatic rings. The van der Waals surface area contributed by atoms with Crippen LogP contribution >= 0.6 is 0 Å². The Morgan fingerprint density at radius 1 is 1.24 bits per heavy atom. The molecule has 1 amide bonds. The van der Waals surface area contributed by atoms with E-state index >= 15 is 0 Å². The molecule has 4 aromatic rings. The Balaban J connectivity index is 1.63. The molecule has 0 spiro atoms. The molecule has 0 fully saturated rings. The summed E-state index contributed by atoms with van der Waals surface area (Å²) in [5, 5.41) is 14.7. The van der Waals surface area contributed by atoms with Gasteiger partial charge in [-0.25, -0.2) is 18.7 Å². The van der Waals surface area contributed by atoms with Crippen LogP contribution in [0.5, 0.6) is 0 Å². The lowest BCUT2D eigenvalue weighted by Gasteiger charge is -2.09. The summed E-state index contributed by atoms with van der Waals surface area (Å²) in [6.45, 7) is 0. The predicted octanol–water partition coefficient (Wildman–Crippen LogP) is 1.94. The van der Waals surface area contributed by atoms with Crippen molar-refractivity contribution in [1.29, 1.82) is 0 Å². The number of pyridine rings is 1. The number of aromatic nitrogens is 6. The molecule has 25 heavy (non-hydrogen) atoms. The van der Waals surface area contributed by atoms with Gasteiger partial charge in [0.15, 0.2) is 5.65 Å². The van der Waals surface area contributed by atoms with Crippen LogP contribution < -0.4 is 5.32 Å². The molecule has 0 saturated carbocycles. The van der Waals surface area contributed by atoms with E-state index in [2.05, 4.69) is 25.7 Å². The minimum absolute atomic E-state index is 0.333. The lowest BCUT2D eigenvalue weighted by molar-refractivity contribution is 0.102. The van der Waals surface area contributed by atoms with Gasteiger partial charge in [0, 0.05) is 19.3 Å². The summed E-state index contributed by atoms with van der Waals surface area (Å²) in [5.41, 5.74) is 1.94. The SMILES string of the molecule is Cn1nnc2cc(C(=O)Nc3ccnn3-c3cccc(F)c3)cnc21. The maximum Gasteiger partial charge on any atom is 0.258 e. The number of carbonyl (C=O) groups is 1. The van der Waals surface area contributed by atoms with Crippen molar-refractivity contribution < 1.29 is 9.18 Å². The van der Waals surface area contributed by atoms with Crippen LogP contribution in [0.15, 0.2) is 48.8 Å². The Labute approximate surface area is 140 Å². The summed E-state index contributed by atoms with van der Waals surface area (Å²) in [6, 6.07) is 9.16. The van der Waals surface area contributed by atoms with Crippen LogP contribution in [0.3, 0.4) is 0 Å². The number of fused-ring (bicyclic) bond motifs is 1. The Kier molecular flexibility index (Phi) is 3.46. The molecule has 0 atom stereocenters. The first-order valence-corrected chi connectivity index (χ1v) is 7.38. The van der Waals surface area contributed by atoms with Crippen molar-refractivity contribution in [3.63, 3.8) is 0 Å². The zero-order chi connectivity index (χ0) is 17.4. The zero-order valence-corrected chi connectivity index (χ0v) is 13.1. The summed E-state index contributed by atoms with van der Waals surface area (Å²) in [5.74, 6) is -0.351. The number of halogens is 1. The second-order valence-corrected chi connectivity index (χ2v) is 5.34. The van der Waals surface area contributed by atoms with Gasteiger partial charge in [-0.3, -0.25) is 4.79 Å². The molecule has 0 aliphatic carbocycles. The zero-order valence-electron chi connectivity index (χ0n) is 13.1. The predicted molar refractivity (Wildman–Crippen MR) is 87.8 cm³/mol. The number of aryl methyl sites for hydroxylation is 1. The van der Waals surface area contributed by atoms with E-state index in [-0.39, 0.29) is 11.7 Å². The van der Waals surface area contributed by atoms with Crippen LogP contribution in [-0.2, 0) is 7.05 Å². The first kappa shape index (κ1) is 14.9. The van der Waals surface area contributed by atoms with Crippen molar-refractivity contribution in [3.8, 4) is 5.69 Å². The Hall–Kier alpha value is -3.62. The molecule has 1 N–H and O–H groups in total. The summed E-state index contributed by atoms with van der Waals surface area (Å²) >= 11 is 0. The van der Waals surface area contributed by atoms with Gasteiger partial charge in [-0.05, 0) is 24.3 Å². The first-order valence-electron chi connectivity index (χ1n) is 7.38. The number of carbonyl (C=O) groups excluding carboxylic acids is 1. The van der Waals surface area contributed by atoms with Gasteiger partial charge >= 0.3 is 0 Å². The van der Waals surface area contributed by atoms with Gasteiger partial charge in [-0.15, -0.1) is 5.10 Å². The number of hydrogen-bond donors (Lipinski definition) is 1. The minimum Gasteiger partial charge on any atom is -0.306 e. The van der Waals surface area contributed by atoms with Crippen molar-refractivity contribution in [2.45, 2.75) is 0 Å². The third-order valence-corrected chi connectivity index (χ3v) is 3.64. The molecule has 3 heterocycles. The third-order valence-electron chi connectivity index (χ3n) is 3.64. The highest BCUT2D eigenvalue weighted by Gasteiger charge is 2.13. The van der Waals surface area contributed by atoms with Crippen LogP contribution in [0.4, 0.5) is 10.2 Å². The normalized spacial score (nSPS) is 11.0. The molecular formula is C16H12FN7O. The van der Waals surface area contributed by atoms with E-state index in [0.29, 0.717) is 28.2 Å². The van der Waals surface area contributed by atoms with E-state index in [1.165, 1.54) is 33.9 Å². The van der Waals surface area contributed by atoms with Crippen LogP contribution in [0.25, 0.3) is 16.9 Å². The summed E-state index contributed by atoms with van der Waals surface area (Å²) in [6.07, 6.45) is 2.97. The van der Waals surface area contributed by atoms with Gasteiger partial charge in [0.25, 0.3) is 5.91 Å². The van der Waals surface area contributed by atoms with Gasteiger partial charge in [0.2, 0.25) is 0 Å². The standard InChI is InChI=1S/C16H12FN7O/c1-23-15-13(21-22-23)7-10(9-18-15)16(25)20-14-5-6-19-24(14)12-4-2-3-11(17)8-12/h2-9H,1H3,(H,20,25). The average molecular weight is 337 g/mol. The van der Waals surface area contributed by atoms with Crippen LogP contribution in [0.1, 0.15) is 10.4 Å². The van der Waals surface area contributed by atoms with Crippen molar-refractivity contribution in [2.24, 2.45) is 7.05 Å². The highest BCUT2D eigenvalue weighted by Crippen LogP contribution is 2.17. The molecule has 124 valence electrons. The lowest BCUT2D eigenvalue weighted by Crippen LogP contribution is -2.15. The minimum atomic E-state index is -0.386. The highest BCUT2D eigenvalue weighted by atomic mass is 19.1. The fraction of sp³-hybridized carbons (Fsp3) is 0.0625. The van der Waals surface area contributed by atoms with E-state index in [9.17, 15) is 9.18 Å². The Bertz CT molecular complexity index is 1080. The fourth-order valence-corrected chi connectivity index (χ4v) is 2.45. The summed E-state index contributed by atoms with van der Waals surface area (Å²) < 4.78 is 16.4. The van der Waals surface area contributed by atoms with E-state index in [4.69, 9.17) is 0 Å².